The van der Waals surface area contributed by atoms with Crippen molar-refractivity contribution in [2.75, 3.05) is 0 Å². The van der Waals surface area contributed by atoms with Gasteiger partial charge in [0, 0.05) is 0 Å². The zero-order valence-electron chi connectivity index (χ0n) is 30.3. The molecule has 0 N–H and O–H groups in total. The highest BCUT2D eigenvalue weighted by Crippen LogP contribution is 2.69. The fourth-order valence-corrected chi connectivity index (χ4v) is 13.5. The predicted octanol–water partition coefficient (Wildman–Crippen LogP) is 11.7. The molecule has 0 bridgehead atoms. The van der Waals surface area contributed by atoms with Crippen molar-refractivity contribution in [3.8, 4) is 0 Å². The molecule has 4 rings (SSSR count). The summed E-state index contributed by atoms with van der Waals surface area (Å²) < 4.78 is 0. The van der Waals surface area contributed by atoms with E-state index >= 15 is 0 Å². The third kappa shape index (κ3) is 5.10. The number of fused-ring (bicyclic) bond motifs is 5. The summed E-state index contributed by atoms with van der Waals surface area (Å²) in [4.78, 5) is 0. The summed E-state index contributed by atoms with van der Waals surface area (Å²) in [5, 5.41) is 0. The van der Waals surface area contributed by atoms with E-state index in [9.17, 15) is 0 Å². The normalized spacial score (nSPS) is 54.8. The van der Waals surface area contributed by atoms with Crippen molar-refractivity contribution in [3.05, 3.63) is 0 Å². The molecule has 0 heterocycles. The molecule has 0 saturated heterocycles. The molecule has 4 aliphatic rings. The highest BCUT2D eigenvalue weighted by Gasteiger charge is 2.64. The first-order valence-corrected chi connectivity index (χ1v) is 18.3. The van der Waals surface area contributed by atoms with E-state index in [0.29, 0.717) is 5.41 Å². The Morgan fingerprint density at radius 2 is 0.775 bits per heavy atom. The van der Waals surface area contributed by atoms with Gasteiger partial charge in [0.15, 0.2) is 0 Å². The second-order valence-corrected chi connectivity index (χ2v) is 19.0. The van der Waals surface area contributed by atoms with E-state index in [0.717, 1.165) is 124 Å². The van der Waals surface area contributed by atoms with Crippen molar-refractivity contribution in [2.24, 2.45) is 130 Å². The van der Waals surface area contributed by atoms with Gasteiger partial charge in [-0.1, -0.05) is 118 Å². The molecule has 0 radical (unpaired) electrons. The van der Waals surface area contributed by atoms with Gasteiger partial charge in [-0.3, -0.25) is 0 Å². The Bertz CT molecular complexity index is 847. The van der Waals surface area contributed by atoms with Gasteiger partial charge in [-0.05, 0) is 136 Å². The molecule has 0 aliphatic heterocycles. The summed E-state index contributed by atoms with van der Waals surface area (Å²) in [6, 6.07) is 0. The van der Waals surface area contributed by atoms with Crippen LogP contribution in [0.3, 0.4) is 0 Å². The van der Waals surface area contributed by atoms with Gasteiger partial charge in [-0.2, -0.15) is 0 Å². The summed E-state index contributed by atoms with van der Waals surface area (Å²) in [5.74, 6) is 18.2. The van der Waals surface area contributed by atoms with Crippen LogP contribution in [0.15, 0.2) is 0 Å². The van der Waals surface area contributed by atoms with E-state index in [1.54, 1.807) is 0 Å². The molecule has 0 aromatic heterocycles. The zero-order chi connectivity index (χ0) is 30.3. The molecule has 20 unspecified atom stereocenters. The molecule has 0 aromatic rings. The lowest BCUT2D eigenvalue weighted by molar-refractivity contribution is -0.219. The Morgan fingerprint density at radius 1 is 0.425 bits per heavy atom. The Labute approximate surface area is 253 Å². The molecule has 0 aromatic carbocycles. The Balaban J connectivity index is 1.74. The highest BCUT2D eigenvalue weighted by molar-refractivity contribution is 5.12. The average Bonchev–Trinajstić information content (AvgIpc) is 2.86. The predicted molar refractivity (Wildman–Crippen MR) is 177 cm³/mol. The van der Waals surface area contributed by atoms with Crippen LogP contribution in [-0.4, -0.2) is 0 Å². The lowest BCUT2D eigenvalue weighted by Crippen LogP contribution is -2.65. The largest absolute Gasteiger partial charge is 0.0625 e. The van der Waals surface area contributed by atoms with Gasteiger partial charge >= 0.3 is 0 Å². The molecule has 0 heteroatoms. The molecule has 0 amide bonds. The zero-order valence-corrected chi connectivity index (χ0v) is 30.3. The van der Waals surface area contributed by atoms with Gasteiger partial charge in [-0.15, -0.1) is 0 Å². The molecule has 0 spiro atoms. The van der Waals surface area contributed by atoms with E-state index in [4.69, 9.17) is 0 Å². The smallest absolute Gasteiger partial charge is 0.0318 e. The second kappa shape index (κ2) is 11.5. The van der Waals surface area contributed by atoms with Crippen LogP contribution in [0.25, 0.3) is 0 Å². The summed E-state index contributed by atoms with van der Waals surface area (Å²) in [6.45, 7) is 44.7. The van der Waals surface area contributed by atoms with Crippen LogP contribution >= 0.6 is 0 Å². The first-order valence-electron chi connectivity index (χ1n) is 18.3. The third-order valence-electron chi connectivity index (χ3n) is 16.3. The first kappa shape index (κ1) is 32.9. The van der Waals surface area contributed by atoms with Crippen LogP contribution in [-0.2, 0) is 0 Å². The minimum Gasteiger partial charge on any atom is -0.0625 e. The monoisotopic (exact) mass is 555 g/mol. The van der Waals surface area contributed by atoms with E-state index in [1.807, 2.05) is 0 Å². The van der Waals surface area contributed by atoms with Crippen LogP contribution < -0.4 is 0 Å². The van der Waals surface area contributed by atoms with Crippen LogP contribution in [0.5, 0.6) is 0 Å². The fraction of sp³-hybridized carbons (Fsp3) is 1.00. The molecular weight excluding hydrogens is 480 g/mol. The molecule has 4 saturated carbocycles. The van der Waals surface area contributed by atoms with E-state index in [-0.39, 0.29) is 0 Å². The molecule has 40 heavy (non-hydrogen) atoms. The van der Waals surface area contributed by atoms with Crippen molar-refractivity contribution >= 4 is 0 Å². The topological polar surface area (TPSA) is 0 Å². The van der Waals surface area contributed by atoms with Gasteiger partial charge in [0.1, 0.15) is 0 Å². The highest BCUT2D eigenvalue weighted by atomic mass is 14.7. The van der Waals surface area contributed by atoms with Gasteiger partial charge in [-0.25, -0.2) is 0 Å². The van der Waals surface area contributed by atoms with Crippen molar-refractivity contribution in [1.29, 1.82) is 0 Å². The van der Waals surface area contributed by atoms with Crippen LogP contribution in [0.2, 0.25) is 0 Å². The number of rotatable bonds is 4. The lowest BCUT2D eigenvalue weighted by Gasteiger charge is -2.69. The Morgan fingerprint density at radius 3 is 1.20 bits per heavy atom. The third-order valence-corrected chi connectivity index (χ3v) is 16.3. The molecular formula is C40H74. The van der Waals surface area contributed by atoms with Crippen molar-refractivity contribution in [3.63, 3.8) is 0 Å². The maximum absolute atomic E-state index is 2.74. The van der Waals surface area contributed by atoms with Gasteiger partial charge < -0.3 is 0 Å². The van der Waals surface area contributed by atoms with E-state index in [1.165, 1.54) is 6.42 Å². The lowest BCUT2D eigenvalue weighted by atomic mass is 9.35. The molecule has 4 fully saturated rings. The standard InChI is InChI=1S/C40H74/c1-19(2)20(3)22(5)33-24(7)27(10)37-35(31(33)14)26(9)29(12)38-36-23(6)21(4)32(18-40(15,16)17)30(13)34(36)25(8)28(11)39(37)38/h19-39H,18H2,1-17H3. The van der Waals surface area contributed by atoms with Gasteiger partial charge in [0.25, 0.3) is 0 Å². The SMILES string of the molecule is CC(C)C(C)C(C)C1C(C)C(C)C2C(C(C)C(C)C3C4C(C)C(C)C(CC(C)(C)C)C(C)C4C(C)C(C)C23)C1C. The van der Waals surface area contributed by atoms with Gasteiger partial charge in [0.2, 0.25) is 0 Å². The minimum atomic E-state index is 0.427. The quantitative estimate of drug-likeness (QED) is 0.324. The first-order chi connectivity index (χ1) is 18.3. The summed E-state index contributed by atoms with van der Waals surface area (Å²) in [6.07, 6.45) is 1.40. The fourth-order valence-electron chi connectivity index (χ4n) is 13.5. The van der Waals surface area contributed by atoms with E-state index in [2.05, 4.69) is 118 Å². The van der Waals surface area contributed by atoms with Crippen LogP contribution in [0.4, 0.5) is 0 Å². The average molecular weight is 555 g/mol. The van der Waals surface area contributed by atoms with Crippen molar-refractivity contribution < 1.29 is 0 Å². The molecule has 234 valence electrons. The maximum Gasteiger partial charge on any atom is -0.0318 e. The molecule has 4 aliphatic carbocycles. The minimum absolute atomic E-state index is 0.427. The van der Waals surface area contributed by atoms with Crippen molar-refractivity contribution in [1.82, 2.24) is 0 Å². The number of hydrogen-bond donors (Lipinski definition) is 0. The maximum atomic E-state index is 2.74. The van der Waals surface area contributed by atoms with Crippen molar-refractivity contribution in [2.45, 2.75) is 124 Å². The number of hydrogen-bond acceptors (Lipinski definition) is 0. The van der Waals surface area contributed by atoms with Gasteiger partial charge in [0.05, 0.1) is 0 Å². The van der Waals surface area contributed by atoms with Crippen LogP contribution in [0.1, 0.15) is 124 Å². The summed E-state index contributed by atoms with van der Waals surface area (Å²) in [5.41, 5.74) is 0.427. The Kier molecular flexibility index (Phi) is 9.45. The second-order valence-electron chi connectivity index (χ2n) is 19.0. The van der Waals surface area contributed by atoms with E-state index < -0.39 is 0 Å². The molecule has 0 nitrogen and oxygen atoms in total. The summed E-state index contributed by atoms with van der Waals surface area (Å²) in [7, 11) is 0. The summed E-state index contributed by atoms with van der Waals surface area (Å²) >= 11 is 0. The molecule has 20 atom stereocenters. The van der Waals surface area contributed by atoms with Crippen LogP contribution in [0, 0.1) is 130 Å². The Hall–Kier alpha value is 0.